The van der Waals surface area contributed by atoms with E-state index in [1.807, 2.05) is 50.2 Å². The van der Waals surface area contributed by atoms with Crippen LogP contribution in [-0.2, 0) is 16.1 Å². The van der Waals surface area contributed by atoms with E-state index in [0.29, 0.717) is 42.0 Å². The van der Waals surface area contributed by atoms with Crippen LogP contribution in [0.25, 0.3) is 27.3 Å². The molecule has 1 aromatic carbocycles. The summed E-state index contributed by atoms with van der Waals surface area (Å²) in [5.41, 5.74) is 3.80. The largest absolute Gasteiger partial charge is 0.445 e. The average molecular weight is 567 g/mol. The van der Waals surface area contributed by atoms with Crippen molar-refractivity contribution < 1.29 is 14.3 Å². The molecule has 11 nitrogen and oxygen atoms in total. The number of hydrogen-bond acceptors (Lipinski definition) is 8. The fourth-order valence-electron chi connectivity index (χ4n) is 5.58. The van der Waals surface area contributed by atoms with Crippen molar-refractivity contribution in [1.29, 1.82) is 0 Å². The smallest absolute Gasteiger partial charge is 0.410 e. The summed E-state index contributed by atoms with van der Waals surface area (Å²) in [7, 11) is 0. The lowest BCUT2D eigenvalue weighted by Crippen LogP contribution is -2.50. The predicted octanol–water partition coefficient (Wildman–Crippen LogP) is 6.05. The van der Waals surface area contributed by atoms with Gasteiger partial charge in [0, 0.05) is 31.4 Å². The van der Waals surface area contributed by atoms with Crippen LogP contribution in [0.4, 0.5) is 16.6 Å². The molecule has 3 aromatic heterocycles. The molecule has 0 saturated carbocycles. The number of rotatable bonds is 6. The normalized spacial score (nSPS) is 20.7. The molecule has 0 bridgehead atoms. The Morgan fingerprint density at radius 1 is 1.12 bits per heavy atom. The Bertz CT molecular complexity index is 1610. The summed E-state index contributed by atoms with van der Waals surface area (Å²) in [5.74, 6) is 0.779. The summed E-state index contributed by atoms with van der Waals surface area (Å²) < 4.78 is 13.4. The van der Waals surface area contributed by atoms with Crippen LogP contribution in [0.2, 0.25) is 0 Å². The predicted molar refractivity (Wildman–Crippen MR) is 158 cm³/mol. The molecule has 2 fully saturated rings. The second-order valence-electron chi connectivity index (χ2n) is 11.0. The average Bonchev–Trinajstić information content (AvgIpc) is 3.41. The molecule has 1 unspecified atom stereocenters. The van der Waals surface area contributed by atoms with Gasteiger partial charge in [-0.25, -0.2) is 14.8 Å². The van der Waals surface area contributed by atoms with Crippen molar-refractivity contribution in [3.8, 4) is 11.4 Å². The molecule has 2 aliphatic heterocycles. The van der Waals surface area contributed by atoms with E-state index in [1.54, 1.807) is 21.8 Å². The molecule has 0 radical (unpaired) electrons. The molecule has 1 amide bonds. The highest BCUT2D eigenvalue weighted by Crippen LogP contribution is 2.34. The van der Waals surface area contributed by atoms with E-state index in [-0.39, 0.29) is 31.0 Å². The monoisotopic (exact) mass is 566 g/mol. The summed E-state index contributed by atoms with van der Waals surface area (Å²) in [6.45, 7) is 12.8. The number of benzene rings is 1. The lowest BCUT2D eigenvalue weighted by Gasteiger charge is -2.37. The van der Waals surface area contributed by atoms with Gasteiger partial charge in [0.15, 0.2) is 6.23 Å². The minimum atomic E-state index is -0.323. The van der Waals surface area contributed by atoms with Gasteiger partial charge >= 0.3 is 6.09 Å². The number of aryl methyl sites for hydroxylation is 1. The molecule has 11 heteroatoms. The number of nitrogens with one attached hydrogen (secondary N) is 1. The second-order valence-corrected chi connectivity index (χ2v) is 11.0. The van der Waals surface area contributed by atoms with Gasteiger partial charge in [-0.15, -0.1) is 0 Å². The van der Waals surface area contributed by atoms with E-state index in [1.165, 1.54) is 0 Å². The zero-order valence-electron chi connectivity index (χ0n) is 23.9. The highest BCUT2D eigenvalue weighted by atomic mass is 16.6. The van der Waals surface area contributed by atoms with Gasteiger partial charge in [-0.05, 0) is 63.1 Å². The summed E-state index contributed by atoms with van der Waals surface area (Å²) in [4.78, 5) is 32.3. The Morgan fingerprint density at radius 2 is 1.98 bits per heavy atom. The van der Waals surface area contributed by atoms with E-state index in [4.69, 9.17) is 26.1 Å². The van der Waals surface area contributed by atoms with Crippen molar-refractivity contribution in [1.82, 2.24) is 29.6 Å². The van der Waals surface area contributed by atoms with Crippen molar-refractivity contribution in [2.75, 3.05) is 18.5 Å². The fraction of sp³-hybridized carbons (Fsp3) is 0.419. The first kappa shape index (κ1) is 27.6. The summed E-state index contributed by atoms with van der Waals surface area (Å²) in [6, 6.07) is 13.3. The van der Waals surface area contributed by atoms with Gasteiger partial charge < -0.3 is 24.5 Å². The zero-order chi connectivity index (χ0) is 29.1. The number of carbonyl (C=O) groups excluding carboxylic acids is 1. The van der Waals surface area contributed by atoms with Crippen LogP contribution in [0, 0.1) is 13.5 Å². The van der Waals surface area contributed by atoms with Gasteiger partial charge in [0.2, 0.25) is 5.95 Å². The van der Waals surface area contributed by atoms with Gasteiger partial charge in [-0.1, -0.05) is 48.0 Å². The van der Waals surface area contributed by atoms with Gasteiger partial charge in [0.1, 0.15) is 12.3 Å². The molecule has 5 heterocycles. The summed E-state index contributed by atoms with van der Waals surface area (Å²) >= 11 is 0. The van der Waals surface area contributed by atoms with E-state index in [2.05, 4.69) is 20.1 Å². The standard InChI is InChI=1S/C31H34N8O3/c1-20-17-33-30(34-23-13-12-21(2)38(18-23)31(40)42-19-22-9-5-4-6-10-22)36-27(20)28-24-14-15-25(32-3)35-29(24)39(37-28)26-11-7-8-16-41-26/h4-6,9-10,14-15,17,21,23,26H,7-8,11-13,16,18-19H2,1-2H3,(H,33,34,36)/t21-,23-,26?/m0/s1. The quantitative estimate of drug-likeness (QED) is 0.281. The van der Waals surface area contributed by atoms with E-state index >= 15 is 0 Å². The number of anilines is 1. The van der Waals surface area contributed by atoms with Crippen LogP contribution in [-0.4, -0.2) is 61.0 Å². The van der Waals surface area contributed by atoms with Crippen LogP contribution in [0.5, 0.6) is 0 Å². The number of aromatic nitrogens is 5. The molecule has 4 aromatic rings. The Labute approximate surface area is 244 Å². The van der Waals surface area contributed by atoms with Crippen molar-refractivity contribution >= 4 is 28.9 Å². The topological polar surface area (TPSA) is 112 Å². The molecule has 216 valence electrons. The van der Waals surface area contributed by atoms with Gasteiger partial charge in [-0.2, -0.15) is 9.78 Å². The number of piperidine rings is 1. The minimum Gasteiger partial charge on any atom is -0.445 e. The maximum atomic E-state index is 13.0. The summed E-state index contributed by atoms with van der Waals surface area (Å²) in [6.07, 6.45) is 5.83. The van der Waals surface area contributed by atoms with Crippen molar-refractivity contribution in [2.24, 2.45) is 0 Å². The van der Waals surface area contributed by atoms with Crippen molar-refractivity contribution in [3.05, 3.63) is 71.2 Å². The van der Waals surface area contributed by atoms with E-state index in [0.717, 1.165) is 48.6 Å². The molecular weight excluding hydrogens is 532 g/mol. The van der Waals surface area contributed by atoms with Gasteiger partial charge in [-0.3, -0.25) is 0 Å². The zero-order valence-corrected chi connectivity index (χ0v) is 23.9. The number of hydrogen-bond donors (Lipinski definition) is 1. The third-order valence-electron chi connectivity index (χ3n) is 7.93. The number of fused-ring (bicyclic) bond motifs is 1. The molecule has 42 heavy (non-hydrogen) atoms. The van der Waals surface area contributed by atoms with Crippen LogP contribution in [0.1, 0.15) is 56.4 Å². The molecular formula is C31H34N8O3. The van der Waals surface area contributed by atoms with Crippen LogP contribution in [0.3, 0.4) is 0 Å². The molecule has 6 rings (SSSR count). The summed E-state index contributed by atoms with van der Waals surface area (Å²) in [5, 5.41) is 9.19. The lowest BCUT2D eigenvalue weighted by molar-refractivity contribution is -0.0368. The molecule has 1 N–H and O–H groups in total. The first-order chi connectivity index (χ1) is 20.5. The van der Waals surface area contributed by atoms with Crippen LogP contribution in [0.15, 0.2) is 48.7 Å². The molecule has 3 atom stereocenters. The number of amides is 1. The SMILES string of the molecule is [C-]#[N+]c1ccc2c(-c3nc(N[C@H]4CC[C@H](C)N(C(=O)OCc5ccccc5)C4)ncc3C)nn(C3CCCCO3)c2n1. The lowest BCUT2D eigenvalue weighted by atomic mass is 10.00. The Hall–Kier alpha value is -4.56. The number of pyridine rings is 1. The Balaban J connectivity index is 1.23. The Kier molecular flexibility index (Phi) is 7.97. The van der Waals surface area contributed by atoms with E-state index in [9.17, 15) is 4.79 Å². The third kappa shape index (κ3) is 5.76. The van der Waals surface area contributed by atoms with Crippen molar-refractivity contribution in [3.63, 3.8) is 0 Å². The first-order valence-corrected chi connectivity index (χ1v) is 14.5. The van der Waals surface area contributed by atoms with E-state index < -0.39 is 0 Å². The number of carbonyl (C=O) groups is 1. The van der Waals surface area contributed by atoms with Gasteiger partial charge in [0.05, 0.1) is 11.1 Å². The maximum absolute atomic E-state index is 13.0. The highest BCUT2D eigenvalue weighted by Gasteiger charge is 2.31. The fourth-order valence-corrected chi connectivity index (χ4v) is 5.58. The molecule has 2 aliphatic rings. The van der Waals surface area contributed by atoms with Crippen molar-refractivity contribution in [2.45, 2.75) is 70.9 Å². The molecule has 2 saturated heterocycles. The second kappa shape index (κ2) is 12.1. The minimum absolute atomic E-state index is 0.0335. The van der Waals surface area contributed by atoms with Crippen LogP contribution < -0.4 is 5.32 Å². The number of ether oxygens (including phenoxy) is 2. The Morgan fingerprint density at radius 3 is 2.76 bits per heavy atom. The number of likely N-dealkylation sites (tertiary alicyclic amines) is 1. The van der Waals surface area contributed by atoms with Crippen LogP contribution >= 0.6 is 0 Å². The highest BCUT2D eigenvalue weighted by molar-refractivity contribution is 5.92. The molecule has 0 spiro atoms. The van der Waals surface area contributed by atoms with Gasteiger partial charge in [0.25, 0.3) is 11.5 Å². The maximum Gasteiger partial charge on any atom is 0.410 e. The third-order valence-corrected chi connectivity index (χ3v) is 7.93. The number of nitrogens with zero attached hydrogens (tertiary/aromatic N) is 7. The molecule has 0 aliphatic carbocycles. The first-order valence-electron chi connectivity index (χ1n) is 14.5.